The van der Waals surface area contributed by atoms with Gasteiger partial charge in [-0.25, -0.2) is 0 Å². The van der Waals surface area contributed by atoms with Crippen molar-refractivity contribution in [3.05, 3.63) is 0 Å². The molecule has 0 aromatic rings. The first-order valence-corrected chi connectivity index (χ1v) is 6.04. The molecule has 1 aliphatic carbocycles. The lowest BCUT2D eigenvalue weighted by atomic mass is 9.91. The third-order valence-electron chi connectivity index (χ3n) is 3.72. The molecule has 1 atom stereocenters. The van der Waals surface area contributed by atoms with Gasteiger partial charge in [0.25, 0.3) is 0 Å². The van der Waals surface area contributed by atoms with E-state index in [9.17, 15) is 9.59 Å². The zero-order valence-electron chi connectivity index (χ0n) is 10.1. The summed E-state index contributed by atoms with van der Waals surface area (Å²) in [6, 6.07) is 0.343. The maximum atomic E-state index is 11.9. The highest BCUT2D eigenvalue weighted by atomic mass is 16.2. The first kappa shape index (κ1) is 11.4. The maximum absolute atomic E-state index is 11.9. The van der Waals surface area contributed by atoms with Crippen molar-refractivity contribution in [3.63, 3.8) is 0 Å². The molecular weight excluding hydrogens is 204 g/mol. The lowest BCUT2D eigenvalue weighted by molar-refractivity contribution is -0.132. The number of carbonyl (C=O) groups excluding carboxylic acids is 2. The van der Waals surface area contributed by atoms with Crippen LogP contribution in [0.25, 0.3) is 0 Å². The van der Waals surface area contributed by atoms with Crippen molar-refractivity contribution in [3.8, 4) is 0 Å². The van der Waals surface area contributed by atoms with Crippen molar-refractivity contribution >= 4 is 11.8 Å². The lowest BCUT2D eigenvalue weighted by Crippen LogP contribution is -2.41. The lowest BCUT2D eigenvalue weighted by Gasteiger charge is -2.28. The van der Waals surface area contributed by atoms with E-state index in [1.807, 2.05) is 4.90 Å². The molecule has 1 aliphatic heterocycles. The van der Waals surface area contributed by atoms with Crippen molar-refractivity contribution in [2.45, 2.75) is 45.6 Å². The van der Waals surface area contributed by atoms with Gasteiger partial charge in [0.15, 0.2) is 0 Å². The zero-order chi connectivity index (χ0) is 11.8. The quantitative estimate of drug-likeness (QED) is 0.720. The van der Waals surface area contributed by atoms with Crippen molar-refractivity contribution in [2.24, 2.45) is 5.41 Å². The van der Waals surface area contributed by atoms with E-state index in [0.717, 1.165) is 12.8 Å². The van der Waals surface area contributed by atoms with Crippen LogP contribution in [0.1, 0.15) is 39.5 Å². The van der Waals surface area contributed by atoms with E-state index in [-0.39, 0.29) is 18.4 Å². The Balaban J connectivity index is 2.03. The Bertz CT molecular complexity index is 312. The van der Waals surface area contributed by atoms with Crippen LogP contribution in [0.5, 0.6) is 0 Å². The monoisotopic (exact) mass is 224 g/mol. The molecule has 1 N–H and O–H groups in total. The second-order valence-corrected chi connectivity index (χ2v) is 5.67. The SMILES string of the molecule is CC1(C)CCC(N2CCC(=O)NCC2=O)C1. The van der Waals surface area contributed by atoms with E-state index in [4.69, 9.17) is 0 Å². The predicted molar refractivity (Wildman–Crippen MR) is 60.8 cm³/mol. The minimum atomic E-state index is -0.00638. The molecule has 0 aromatic heterocycles. The van der Waals surface area contributed by atoms with Crippen LogP contribution in [0.15, 0.2) is 0 Å². The highest BCUT2D eigenvalue weighted by molar-refractivity contribution is 5.87. The molecule has 16 heavy (non-hydrogen) atoms. The molecule has 2 fully saturated rings. The molecule has 1 saturated heterocycles. The largest absolute Gasteiger partial charge is 0.347 e. The minimum absolute atomic E-state index is 0.00638. The summed E-state index contributed by atoms with van der Waals surface area (Å²) in [5, 5.41) is 2.64. The second-order valence-electron chi connectivity index (χ2n) is 5.67. The second kappa shape index (κ2) is 4.07. The van der Waals surface area contributed by atoms with Gasteiger partial charge in [0.1, 0.15) is 0 Å². The summed E-state index contributed by atoms with van der Waals surface area (Å²) in [4.78, 5) is 25.0. The van der Waals surface area contributed by atoms with Gasteiger partial charge < -0.3 is 10.2 Å². The molecule has 4 nitrogen and oxygen atoms in total. The van der Waals surface area contributed by atoms with Gasteiger partial charge in [-0.3, -0.25) is 9.59 Å². The zero-order valence-corrected chi connectivity index (χ0v) is 10.1. The van der Waals surface area contributed by atoms with E-state index >= 15 is 0 Å². The molecule has 2 aliphatic rings. The Morgan fingerprint density at radius 3 is 2.75 bits per heavy atom. The summed E-state index contributed by atoms with van der Waals surface area (Å²) < 4.78 is 0. The van der Waals surface area contributed by atoms with E-state index in [2.05, 4.69) is 19.2 Å². The van der Waals surface area contributed by atoms with E-state index < -0.39 is 0 Å². The minimum Gasteiger partial charge on any atom is -0.347 e. The molecule has 1 heterocycles. The van der Waals surface area contributed by atoms with Gasteiger partial charge in [-0.1, -0.05) is 13.8 Å². The topological polar surface area (TPSA) is 49.4 Å². The van der Waals surface area contributed by atoms with Crippen LogP contribution < -0.4 is 5.32 Å². The number of rotatable bonds is 1. The standard InChI is InChI=1S/C12H20N2O2/c1-12(2)5-3-9(7-12)14-6-4-10(15)13-8-11(14)16/h9H,3-8H2,1-2H3,(H,13,15). The van der Waals surface area contributed by atoms with E-state index in [1.54, 1.807) is 0 Å². The van der Waals surface area contributed by atoms with Crippen molar-refractivity contribution in [1.29, 1.82) is 0 Å². The number of nitrogens with zero attached hydrogens (tertiary/aromatic N) is 1. The van der Waals surface area contributed by atoms with Crippen molar-refractivity contribution in [2.75, 3.05) is 13.1 Å². The number of nitrogens with one attached hydrogen (secondary N) is 1. The van der Waals surface area contributed by atoms with Gasteiger partial charge in [-0.05, 0) is 24.7 Å². The fourth-order valence-corrected chi connectivity index (χ4v) is 2.76. The van der Waals surface area contributed by atoms with Gasteiger partial charge in [-0.2, -0.15) is 0 Å². The molecule has 2 amide bonds. The molecule has 4 heteroatoms. The third-order valence-corrected chi connectivity index (χ3v) is 3.72. The van der Waals surface area contributed by atoms with Crippen LogP contribution in [0.2, 0.25) is 0 Å². The summed E-state index contributed by atoms with van der Waals surface area (Å²) in [6.45, 7) is 5.26. The van der Waals surface area contributed by atoms with Crippen LogP contribution in [-0.4, -0.2) is 35.8 Å². The molecule has 0 aromatic carbocycles. The molecule has 0 bridgehead atoms. The van der Waals surface area contributed by atoms with E-state index in [1.165, 1.54) is 6.42 Å². The summed E-state index contributed by atoms with van der Waals surface area (Å²) in [7, 11) is 0. The normalized spacial score (nSPS) is 30.1. The average molecular weight is 224 g/mol. The molecule has 1 saturated carbocycles. The first-order valence-electron chi connectivity index (χ1n) is 6.04. The molecule has 1 unspecified atom stereocenters. The van der Waals surface area contributed by atoms with Gasteiger partial charge in [0.2, 0.25) is 11.8 Å². The molecule has 90 valence electrons. The van der Waals surface area contributed by atoms with Gasteiger partial charge in [-0.15, -0.1) is 0 Å². The van der Waals surface area contributed by atoms with Gasteiger partial charge >= 0.3 is 0 Å². The Kier molecular flexibility index (Phi) is 2.91. The molecule has 0 radical (unpaired) electrons. The maximum Gasteiger partial charge on any atom is 0.242 e. The Morgan fingerprint density at radius 2 is 2.12 bits per heavy atom. The Morgan fingerprint density at radius 1 is 1.38 bits per heavy atom. The number of hydrogen-bond donors (Lipinski definition) is 1. The van der Waals surface area contributed by atoms with Crippen molar-refractivity contribution in [1.82, 2.24) is 10.2 Å². The third kappa shape index (κ3) is 2.36. The van der Waals surface area contributed by atoms with Gasteiger partial charge in [0, 0.05) is 19.0 Å². The fraction of sp³-hybridized carbons (Fsp3) is 0.833. The average Bonchev–Trinajstić information content (AvgIpc) is 2.47. The Labute approximate surface area is 96.4 Å². The number of amides is 2. The predicted octanol–water partition coefficient (Wildman–Crippen LogP) is 0.914. The van der Waals surface area contributed by atoms with Crippen LogP contribution in [0, 0.1) is 5.41 Å². The first-order chi connectivity index (χ1) is 7.48. The molecule has 0 spiro atoms. The van der Waals surface area contributed by atoms with Crippen molar-refractivity contribution < 1.29 is 9.59 Å². The number of carbonyl (C=O) groups is 2. The Hall–Kier alpha value is -1.06. The highest BCUT2D eigenvalue weighted by Crippen LogP contribution is 2.39. The highest BCUT2D eigenvalue weighted by Gasteiger charge is 2.36. The van der Waals surface area contributed by atoms with Gasteiger partial charge in [0.05, 0.1) is 6.54 Å². The summed E-state index contributed by atoms with van der Waals surface area (Å²) >= 11 is 0. The van der Waals surface area contributed by atoms with Crippen LogP contribution in [0.4, 0.5) is 0 Å². The van der Waals surface area contributed by atoms with Crippen LogP contribution in [-0.2, 0) is 9.59 Å². The van der Waals surface area contributed by atoms with Crippen LogP contribution >= 0.6 is 0 Å². The van der Waals surface area contributed by atoms with E-state index in [0.29, 0.717) is 24.4 Å². The summed E-state index contributed by atoms with van der Waals surface area (Å²) in [5.41, 5.74) is 0.342. The van der Waals surface area contributed by atoms with Crippen LogP contribution in [0.3, 0.4) is 0 Å². The number of hydrogen-bond acceptors (Lipinski definition) is 2. The molecular formula is C12H20N2O2. The molecule has 2 rings (SSSR count). The summed E-state index contributed by atoms with van der Waals surface area (Å²) in [6.07, 6.45) is 3.76. The smallest absolute Gasteiger partial charge is 0.242 e. The fourth-order valence-electron chi connectivity index (χ4n) is 2.76. The summed E-state index contributed by atoms with van der Waals surface area (Å²) in [5.74, 6) is 0.0710.